The first-order chi connectivity index (χ1) is 8.24. The number of anilines is 1. The molecule has 17 heavy (non-hydrogen) atoms. The van der Waals surface area contributed by atoms with E-state index in [2.05, 4.69) is 10.3 Å². The van der Waals surface area contributed by atoms with Gasteiger partial charge in [-0.15, -0.1) is 0 Å². The third kappa shape index (κ3) is 3.42. The molecule has 1 aromatic carbocycles. The molecule has 3 N–H and O–H groups in total. The van der Waals surface area contributed by atoms with Gasteiger partial charge in [-0.25, -0.2) is 4.98 Å². The van der Waals surface area contributed by atoms with Gasteiger partial charge in [0.1, 0.15) is 5.75 Å². The summed E-state index contributed by atoms with van der Waals surface area (Å²) in [5, 5.41) is 3.06. The van der Waals surface area contributed by atoms with Gasteiger partial charge in [-0.1, -0.05) is 12.1 Å². The molecule has 0 saturated heterocycles. The Labute approximate surface area is 104 Å². The molecule has 1 aromatic heterocycles. The molecule has 0 aliphatic heterocycles. The van der Waals surface area contributed by atoms with Crippen molar-refractivity contribution < 1.29 is 4.74 Å². The predicted octanol–water partition coefficient (Wildman–Crippen LogP) is 2.53. The largest absolute Gasteiger partial charge is 0.439 e. The molecule has 86 valence electrons. The van der Waals surface area contributed by atoms with Gasteiger partial charge in [0, 0.05) is 24.0 Å². The zero-order valence-electron chi connectivity index (χ0n) is 8.96. The summed E-state index contributed by atoms with van der Waals surface area (Å²) in [6.07, 6.45) is 1.67. The number of nitrogens with one attached hydrogen (secondary N) is 1. The molecule has 2 rings (SSSR count). The standard InChI is InChI=1S/C12H11N3OS/c13-12(17)15-9-4-3-5-10(8-9)16-11-6-1-2-7-14-11/h1-8H,(H3,13,15,17). The summed E-state index contributed by atoms with van der Waals surface area (Å²) in [7, 11) is 0. The fourth-order valence-corrected chi connectivity index (χ4v) is 1.43. The quantitative estimate of drug-likeness (QED) is 0.814. The summed E-state index contributed by atoms with van der Waals surface area (Å²) in [6.45, 7) is 0. The number of rotatable bonds is 3. The number of thiocarbonyl (C=S) groups is 1. The number of ether oxygens (including phenoxy) is 1. The Morgan fingerprint density at radius 2 is 2.12 bits per heavy atom. The third-order valence-electron chi connectivity index (χ3n) is 1.96. The number of hydrogen-bond acceptors (Lipinski definition) is 3. The van der Waals surface area contributed by atoms with Crippen LogP contribution in [0.4, 0.5) is 5.69 Å². The SMILES string of the molecule is NC(=S)Nc1cccc(Oc2ccccn2)c1. The average Bonchev–Trinajstić information content (AvgIpc) is 2.30. The lowest BCUT2D eigenvalue weighted by Gasteiger charge is -2.07. The lowest BCUT2D eigenvalue weighted by atomic mass is 10.3. The fourth-order valence-electron chi connectivity index (χ4n) is 1.31. The number of aromatic nitrogens is 1. The maximum absolute atomic E-state index is 5.57. The van der Waals surface area contributed by atoms with Crippen molar-refractivity contribution in [3.63, 3.8) is 0 Å². The normalized spacial score (nSPS) is 9.65. The van der Waals surface area contributed by atoms with E-state index in [0.29, 0.717) is 11.6 Å². The summed E-state index contributed by atoms with van der Waals surface area (Å²) in [5.41, 5.74) is 6.18. The Kier molecular flexibility index (Phi) is 3.52. The number of hydrogen-bond donors (Lipinski definition) is 2. The molecule has 0 unspecified atom stereocenters. The minimum atomic E-state index is 0.222. The first kappa shape index (κ1) is 11.3. The lowest BCUT2D eigenvalue weighted by Crippen LogP contribution is -2.18. The van der Waals surface area contributed by atoms with E-state index < -0.39 is 0 Å². The number of nitrogens with two attached hydrogens (primary N) is 1. The molecular formula is C12H11N3OS. The molecule has 0 spiro atoms. The van der Waals surface area contributed by atoms with Crippen molar-refractivity contribution in [2.45, 2.75) is 0 Å². The van der Waals surface area contributed by atoms with Crippen molar-refractivity contribution in [2.75, 3.05) is 5.32 Å². The van der Waals surface area contributed by atoms with Crippen LogP contribution in [-0.4, -0.2) is 10.1 Å². The maximum Gasteiger partial charge on any atom is 0.219 e. The smallest absolute Gasteiger partial charge is 0.219 e. The van der Waals surface area contributed by atoms with E-state index in [4.69, 9.17) is 22.7 Å². The number of benzene rings is 1. The van der Waals surface area contributed by atoms with Gasteiger partial charge in [0.2, 0.25) is 5.88 Å². The van der Waals surface area contributed by atoms with Crippen LogP contribution in [0.25, 0.3) is 0 Å². The average molecular weight is 245 g/mol. The molecular weight excluding hydrogens is 234 g/mol. The summed E-state index contributed by atoms with van der Waals surface area (Å²) in [6, 6.07) is 12.8. The second kappa shape index (κ2) is 5.27. The van der Waals surface area contributed by atoms with Gasteiger partial charge in [0.15, 0.2) is 5.11 Å². The van der Waals surface area contributed by atoms with Crippen molar-refractivity contribution in [3.05, 3.63) is 48.7 Å². The second-order valence-electron chi connectivity index (χ2n) is 3.29. The molecule has 1 heterocycles. The van der Waals surface area contributed by atoms with E-state index in [1.807, 2.05) is 30.3 Å². The summed E-state index contributed by atoms with van der Waals surface area (Å²) in [4.78, 5) is 4.07. The lowest BCUT2D eigenvalue weighted by molar-refractivity contribution is 0.463. The highest BCUT2D eigenvalue weighted by molar-refractivity contribution is 7.80. The van der Waals surface area contributed by atoms with Crippen LogP contribution in [0.5, 0.6) is 11.6 Å². The first-order valence-corrected chi connectivity index (χ1v) is 5.40. The minimum Gasteiger partial charge on any atom is -0.439 e. The Bertz CT molecular complexity index is 516. The van der Waals surface area contributed by atoms with Crippen LogP contribution in [0.15, 0.2) is 48.7 Å². The van der Waals surface area contributed by atoms with E-state index in [-0.39, 0.29) is 5.11 Å². The monoisotopic (exact) mass is 245 g/mol. The Balaban J connectivity index is 2.14. The van der Waals surface area contributed by atoms with Gasteiger partial charge < -0.3 is 15.8 Å². The van der Waals surface area contributed by atoms with E-state index in [0.717, 1.165) is 5.69 Å². The first-order valence-electron chi connectivity index (χ1n) is 4.99. The Hall–Kier alpha value is -2.14. The highest BCUT2D eigenvalue weighted by Gasteiger charge is 1.99. The van der Waals surface area contributed by atoms with Crippen LogP contribution in [0, 0.1) is 0 Å². The maximum atomic E-state index is 5.57. The van der Waals surface area contributed by atoms with Crippen LogP contribution in [0.2, 0.25) is 0 Å². The van der Waals surface area contributed by atoms with E-state index in [1.165, 1.54) is 0 Å². The van der Waals surface area contributed by atoms with Crippen molar-refractivity contribution in [1.29, 1.82) is 0 Å². The van der Waals surface area contributed by atoms with Crippen LogP contribution >= 0.6 is 12.2 Å². The molecule has 0 bridgehead atoms. The molecule has 0 fully saturated rings. The minimum absolute atomic E-state index is 0.222. The molecule has 0 amide bonds. The number of pyridine rings is 1. The molecule has 0 saturated carbocycles. The summed E-state index contributed by atoms with van der Waals surface area (Å²) >= 11 is 4.76. The highest BCUT2D eigenvalue weighted by atomic mass is 32.1. The third-order valence-corrected chi connectivity index (χ3v) is 2.06. The van der Waals surface area contributed by atoms with Crippen molar-refractivity contribution in [1.82, 2.24) is 4.98 Å². The molecule has 0 aliphatic carbocycles. The van der Waals surface area contributed by atoms with Gasteiger partial charge >= 0.3 is 0 Å². The van der Waals surface area contributed by atoms with E-state index in [1.54, 1.807) is 18.3 Å². The van der Waals surface area contributed by atoms with Crippen LogP contribution in [0.3, 0.4) is 0 Å². The van der Waals surface area contributed by atoms with E-state index in [9.17, 15) is 0 Å². The van der Waals surface area contributed by atoms with Crippen molar-refractivity contribution >= 4 is 23.0 Å². The van der Waals surface area contributed by atoms with Crippen molar-refractivity contribution in [2.24, 2.45) is 5.73 Å². The van der Waals surface area contributed by atoms with Crippen LogP contribution in [0.1, 0.15) is 0 Å². The summed E-state index contributed by atoms with van der Waals surface area (Å²) in [5.74, 6) is 1.21. The fraction of sp³-hybridized carbons (Fsp3) is 0. The van der Waals surface area contributed by atoms with Gasteiger partial charge in [-0.2, -0.15) is 0 Å². The molecule has 0 aliphatic rings. The predicted molar refractivity (Wildman–Crippen MR) is 71.2 cm³/mol. The number of nitrogens with zero attached hydrogens (tertiary/aromatic N) is 1. The molecule has 2 aromatic rings. The van der Waals surface area contributed by atoms with Gasteiger partial charge in [0.25, 0.3) is 0 Å². The zero-order valence-corrected chi connectivity index (χ0v) is 9.78. The van der Waals surface area contributed by atoms with Gasteiger partial charge in [-0.3, -0.25) is 0 Å². The highest BCUT2D eigenvalue weighted by Crippen LogP contribution is 2.22. The van der Waals surface area contributed by atoms with Crippen molar-refractivity contribution in [3.8, 4) is 11.6 Å². The van der Waals surface area contributed by atoms with Crippen LogP contribution < -0.4 is 15.8 Å². The summed E-state index contributed by atoms with van der Waals surface area (Å²) < 4.78 is 5.57. The second-order valence-corrected chi connectivity index (χ2v) is 3.73. The molecule has 0 radical (unpaired) electrons. The Morgan fingerprint density at radius 1 is 1.24 bits per heavy atom. The Morgan fingerprint density at radius 3 is 2.82 bits per heavy atom. The molecule has 0 atom stereocenters. The topological polar surface area (TPSA) is 60.2 Å². The van der Waals surface area contributed by atoms with Crippen LogP contribution in [-0.2, 0) is 0 Å². The van der Waals surface area contributed by atoms with E-state index >= 15 is 0 Å². The van der Waals surface area contributed by atoms with Gasteiger partial charge in [-0.05, 0) is 30.4 Å². The van der Waals surface area contributed by atoms with Gasteiger partial charge in [0.05, 0.1) is 0 Å². The molecule has 5 heteroatoms. The molecule has 4 nitrogen and oxygen atoms in total. The zero-order chi connectivity index (χ0) is 12.1.